The molecule has 0 N–H and O–H groups in total. The number of hydrogen-bond donors (Lipinski definition) is 0. The van der Waals surface area contributed by atoms with E-state index in [1.807, 2.05) is 20.9 Å². The Hall–Kier alpha value is -1.31. The van der Waals surface area contributed by atoms with E-state index in [1.54, 1.807) is 6.92 Å². The first-order chi connectivity index (χ1) is 7.74. The molecule has 0 aliphatic carbocycles. The molecule has 94 valence electrons. The Kier molecular flexibility index (Phi) is 3.97. The molecule has 1 aromatic carbocycles. The first kappa shape index (κ1) is 13.8. The van der Waals surface area contributed by atoms with Crippen molar-refractivity contribution in [2.24, 2.45) is 5.41 Å². The molecule has 2 nitrogen and oxygen atoms in total. The molecule has 0 aliphatic rings. The van der Waals surface area contributed by atoms with Crippen LogP contribution in [0.15, 0.2) is 18.2 Å². The van der Waals surface area contributed by atoms with Crippen LogP contribution < -0.4 is 4.90 Å². The molecule has 0 atom stereocenters. The third-order valence-electron chi connectivity index (χ3n) is 3.35. The first-order valence-corrected chi connectivity index (χ1v) is 6.03. The second kappa shape index (κ2) is 4.91. The van der Waals surface area contributed by atoms with Gasteiger partial charge in [0.25, 0.3) is 0 Å². The summed E-state index contributed by atoms with van der Waals surface area (Å²) in [5, 5.41) is 0. The Morgan fingerprint density at radius 1 is 1.29 bits per heavy atom. The van der Waals surface area contributed by atoms with Crippen molar-refractivity contribution in [1.82, 2.24) is 0 Å². The zero-order valence-electron chi connectivity index (χ0n) is 11.8. The molecule has 2 heteroatoms. The molecule has 0 saturated carbocycles. The number of nitrogens with zero attached hydrogens (tertiary/aromatic N) is 1. The van der Waals surface area contributed by atoms with Gasteiger partial charge >= 0.3 is 0 Å². The van der Waals surface area contributed by atoms with Crippen LogP contribution in [0.4, 0.5) is 5.69 Å². The third kappa shape index (κ3) is 3.32. The smallest absolute Gasteiger partial charge is 0.137 e. The van der Waals surface area contributed by atoms with Crippen LogP contribution in [0.1, 0.15) is 31.9 Å². The van der Waals surface area contributed by atoms with Gasteiger partial charge in [0.05, 0.1) is 0 Å². The van der Waals surface area contributed by atoms with Gasteiger partial charge in [-0.1, -0.05) is 31.5 Å². The molecule has 0 bridgehead atoms. The van der Waals surface area contributed by atoms with E-state index in [1.165, 1.54) is 16.8 Å². The average molecular weight is 233 g/mol. The maximum Gasteiger partial charge on any atom is 0.137 e. The van der Waals surface area contributed by atoms with Gasteiger partial charge in [-0.05, 0) is 32.4 Å². The SMILES string of the molecule is CC(=O)C(C)(C)CN(C)c1ccc(C)cc1C. The average Bonchev–Trinajstić information content (AvgIpc) is 2.15. The van der Waals surface area contributed by atoms with E-state index in [0.717, 1.165) is 6.54 Å². The minimum absolute atomic E-state index is 0.231. The molecule has 0 aromatic heterocycles. The molecule has 0 heterocycles. The summed E-state index contributed by atoms with van der Waals surface area (Å²) in [6.07, 6.45) is 0. The van der Waals surface area contributed by atoms with Crippen molar-refractivity contribution in [1.29, 1.82) is 0 Å². The summed E-state index contributed by atoms with van der Waals surface area (Å²) in [6.45, 7) is 10.6. The van der Waals surface area contributed by atoms with E-state index in [0.29, 0.717) is 0 Å². The lowest BCUT2D eigenvalue weighted by Gasteiger charge is -2.30. The Morgan fingerprint density at radius 3 is 2.35 bits per heavy atom. The number of Topliss-reactive ketones (excluding diaryl/α,β-unsaturated/α-hetero) is 1. The molecule has 17 heavy (non-hydrogen) atoms. The van der Waals surface area contributed by atoms with E-state index < -0.39 is 0 Å². The van der Waals surface area contributed by atoms with E-state index >= 15 is 0 Å². The minimum Gasteiger partial charge on any atom is -0.373 e. The molecule has 1 rings (SSSR count). The molecule has 0 spiro atoms. The third-order valence-corrected chi connectivity index (χ3v) is 3.35. The zero-order valence-corrected chi connectivity index (χ0v) is 11.8. The lowest BCUT2D eigenvalue weighted by molar-refractivity contribution is -0.124. The first-order valence-electron chi connectivity index (χ1n) is 6.03. The fraction of sp³-hybridized carbons (Fsp3) is 0.533. The van der Waals surface area contributed by atoms with Gasteiger partial charge in [-0.2, -0.15) is 0 Å². The van der Waals surface area contributed by atoms with Gasteiger partial charge in [0.2, 0.25) is 0 Å². The molecular weight excluding hydrogens is 210 g/mol. The lowest BCUT2D eigenvalue weighted by atomic mass is 9.88. The molecule has 0 fully saturated rings. The van der Waals surface area contributed by atoms with Crippen molar-refractivity contribution >= 4 is 11.5 Å². The molecule has 0 unspecified atom stereocenters. The Morgan fingerprint density at radius 2 is 1.88 bits per heavy atom. The lowest BCUT2D eigenvalue weighted by Crippen LogP contribution is -2.36. The van der Waals surface area contributed by atoms with Crippen molar-refractivity contribution in [2.75, 3.05) is 18.5 Å². The van der Waals surface area contributed by atoms with E-state index in [2.05, 4.69) is 36.9 Å². The molecule has 0 aliphatic heterocycles. The highest BCUT2D eigenvalue weighted by atomic mass is 16.1. The molecule has 0 radical (unpaired) electrons. The van der Waals surface area contributed by atoms with Crippen molar-refractivity contribution in [3.05, 3.63) is 29.3 Å². The Bertz CT molecular complexity index is 421. The topological polar surface area (TPSA) is 20.3 Å². The van der Waals surface area contributed by atoms with Crippen molar-refractivity contribution in [3.8, 4) is 0 Å². The van der Waals surface area contributed by atoms with Crippen LogP contribution in [0, 0.1) is 19.3 Å². The van der Waals surface area contributed by atoms with Crippen LogP contribution in [-0.2, 0) is 4.79 Å². The Balaban J connectivity index is 2.90. The quantitative estimate of drug-likeness (QED) is 0.795. The van der Waals surface area contributed by atoms with E-state index in [9.17, 15) is 4.79 Å². The maximum atomic E-state index is 11.5. The Labute approximate surface area is 105 Å². The normalized spacial score (nSPS) is 11.4. The van der Waals surface area contributed by atoms with Crippen LogP contribution in [0.3, 0.4) is 0 Å². The number of carbonyl (C=O) groups excluding carboxylic acids is 1. The second-order valence-electron chi connectivity index (χ2n) is 5.59. The summed E-state index contributed by atoms with van der Waals surface area (Å²) in [5.41, 5.74) is 3.42. The number of benzene rings is 1. The summed E-state index contributed by atoms with van der Waals surface area (Å²) >= 11 is 0. The standard InChI is InChI=1S/C15H23NO/c1-11-7-8-14(12(2)9-11)16(6)10-15(4,5)13(3)17/h7-9H,10H2,1-6H3. The number of aryl methyl sites for hydroxylation is 2. The predicted molar refractivity (Wildman–Crippen MR) is 73.6 cm³/mol. The van der Waals surface area contributed by atoms with Crippen LogP contribution in [0.2, 0.25) is 0 Å². The van der Waals surface area contributed by atoms with Gasteiger partial charge in [-0.25, -0.2) is 0 Å². The van der Waals surface area contributed by atoms with Crippen LogP contribution >= 0.6 is 0 Å². The number of rotatable bonds is 4. The van der Waals surface area contributed by atoms with Crippen molar-refractivity contribution < 1.29 is 4.79 Å². The van der Waals surface area contributed by atoms with E-state index in [4.69, 9.17) is 0 Å². The highest BCUT2D eigenvalue weighted by molar-refractivity contribution is 5.82. The minimum atomic E-state index is -0.300. The van der Waals surface area contributed by atoms with Crippen LogP contribution in [-0.4, -0.2) is 19.4 Å². The second-order valence-corrected chi connectivity index (χ2v) is 5.59. The van der Waals surface area contributed by atoms with Crippen LogP contribution in [0.5, 0.6) is 0 Å². The van der Waals surface area contributed by atoms with E-state index in [-0.39, 0.29) is 11.2 Å². The number of carbonyl (C=O) groups is 1. The largest absolute Gasteiger partial charge is 0.373 e. The number of hydrogen-bond acceptors (Lipinski definition) is 2. The van der Waals surface area contributed by atoms with Gasteiger partial charge in [-0.3, -0.25) is 4.79 Å². The summed E-state index contributed by atoms with van der Waals surface area (Å²) < 4.78 is 0. The van der Waals surface area contributed by atoms with Crippen LogP contribution in [0.25, 0.3) is 0 Å². The summed E-state index contributed by atoms with van der Waals surface area (Å²) in [5.74, 6) is 0.231. The van der Waals surface area contributed by atoms with Crippen molar-refractivity contribution in [2.45, 2.75) is 34.6 Å². The summed E-state index contributed by atoms with van der Waals surface area (Å²) in [7, 11) is 2.04. The predicted octanol–water partition coefficient (Wildman–Crippen LogP) is 3.35. The highest BCUT2D eigenvalue weighted by Crippen LogP contribution is 2.25. The highest BCUT2D eigenvalue weighted by Gasteiger charge is 2.25. The van der Waals surface area contributed by atoms with Crippen molar-refractivity contribution in [3.63, 3.8) is 0 Å². The summed E-state index contributed by atoms with van der Waals surface area (Å²) in [6, 6.07) is 6.41. The monoisotopic (exact) mass is 233 g/mol. The number of anilines is 1. The molecular formula is C15H23NO. The maximum absolute atomic E-state index is 11.5. The van der Waals surface area contributed by atoms with Gasteiger partial charge in [0.15, 0.2) is 0 Å². The zero-order chi connectivity index (χ0) is 13.2. The number of ketones is 1. The van der Waals surface area contributed by atoms with Gasteiger partial charge in [0.1, 0.15) is 5.78 Å². The molecule has 0 saturated heterocycles. The molecule has 1 aromatic rings. The van der Waals surface area contributed by atoms with Gasteiger partial charge in [-0.15, -0.1) is 0 Å². The van der Waals surface area contributed by atoms with Gasteiger partial charge < -0.3 is 4.90 Å². The summed E-state index contributed by atoms with van der Waals surface area (Å²) in [4.78, 5) is 13.7. The fourth-order valence-electron chi connectivity index (χ4n) is 2.02. The van der Waals surface area contributed by atoms with Gasteiger partial charge in [0, 0.05) is 24.7 Å². The fourth-order valence-corrected chi connectivity index (χ4v) is 2.02. The molecule has 0 amide bonds.